The maximum atomic E-state index is 10.4. The second kappa shape index (κ2) is 4.28. The summed E-state index contributed by atoms with van der Waals surface area (Å²) in [6.45, 7) is 0. The van der Waals surface area contributed by atoms with Crippen LogP contribution in [-0.2, 0) is 11.2 Å². The summed E-state index contributed by atoms with van der Waals surface area (Å²) < 4.78 is 4.74. The van der Waals surface area contributed by atoms with Crippen molar-refractivity contribution in [1.82, 2.24) is 15.1 Å². The number of carboxylic acid groups (broad SMARTS) is 1. The van der Waals surface area contributed by atoms with Crippen molar-refractivity contribution in [2.75, 3.05) is 0 Å². The van der Waals surface area contributed by atoms with Crippen LogP contribution < -0.4 is 0 Å². The SMILES string of the molecule is O=C(O)Cc1nc(-c2ncccc2Cl)no1. The highest BCUT2D eigenvalue weighted by Gasteiger charge is 2.14. The van der Waals surface area contributed by atoms with Gasteiger partial charge in [0.2, 0.25) is 11.7 Å². The van der Waals surface area contributed by atoms with E-state index >= 15 is 0 Å². The summed E-state index contributed by atoms with van der Waals surface area (Å²) in [5.41, 5.74) is 0.365. The van der Waals surface area contributed by atoms with Gasteiger partial charge < -0.3 is 9.63 Å². The molecule has 2 aromatic rings. The van der Waals surface area contributed by atoms with Crippen LogP contribution in [0.2, 0.25) is 5.02 Å². The minimum absolute atomic E-state index is 0.0178. The lowest BCUT2D eigenvalue weighted by Gasteiger charge is -1.94. The van der Waals surface area contributed by atoms with Crippen molar-refractivity contribution in [3.05, 3.63) is 29.2 Å². The molecule has 82 valence electrons. The molecule has 0 spiro atoms. The quantitative estimate of drug-likeness (QED) is 0.871. The van der Waals surface area contributed by atoms with Gasteiger partial charge >= 0.3 is 5.97 Å². The molecule has 7 heteroatoms. The highest BCUT2D eigenvalue weighted by atomic mass is 35.5. The molecule has 0 aliphatic carbocycles. The van der Waals surface area contributed by atoms with E-state index in [1.807, 2.05) is 0 Å². The van der Waals surface area contributed by atoms with Crippen molar-refractivity contribution in [2.45, 2.75) is 6.42 Å². The van der Waals surface area contributed by atoms with Crippen LogP contribution in [0.5, 0.6) is 0 Å². The van der Waals surface area contributed by atoms with Crippen LogP contribution in [0.1, 0.15) is 5.89 Å². The van der Waals surface area contributed by atoms with Gasteiger partial charge in [0.1, 0.15) is 12.1 Å². The fourth-order valence-corrected chi connectivity index (χ4v) is 1.31. The maximum absolute atomic E-state index is 10.4. The monoisotopic (exact) mass is 239 g/mol. The molecule has 0 saturated heterocycles. The third-order valence-electron chi connectivity index (χ3n) is 1.74. The van der Waals surface area contributed by atoms with Gasteiger partial charge in [0.05, 0.1) is 5.02 Å². The van der Waals surface area contributed by atoms with Crippen LogP contribution in [-0.4, -0.2) is 26.2 Å². The number of carboxylic acids is 1. The summed E-state index contributed by atoms with van der Waals surface area (Å²) in [4.78, 5) is 18.3. The topological polar surface area (TPSA) is 89.1 Å². The van der Waals surface area contributed by atoms with Crippen molar-refractivity contribution >= 4 is 17.6 Å². The molecule has 0 fully saturated rings. The summed E-state index contributed by atoms with van der Waals surface area (Å²) in [7, 11) is 0. The third-order valence-corrected chi connectivity index (χ3v) is 2.05. The lowest BCUT2D eigenvalue weighted by molar-refractivity contribution is -0.136. The Kier molecular flexibility index (Phi) is 2.82. The molecule has 0 aliphatic heterocycles. The van der Waals surface area contributed by atoms with Crippen LogP contribution in [0.15, 0.2) is 22.9 Å². The van der Waals surface area contributed by atoms with Gasteiger partial charge in [-0.25, -0.2) is 0 Å². The van der Waals surface area contributed by atoms with E-state index in [9.17, 15) is 4.79 Å². The zero-order valence-electron chi connectivity index (χ0n) is 7.92. The van der Waals surface area contributed by atoms with E-state index in [2.05, 4.69) is 15.1 Å². The van der Waals surface area contributed by atoms with Crippen molar-refractivity contribution in [1.29, 1.82) is 0 Å². The summed E-state index contributed by atoms with van der Waals surface area (Å²) in [5, 5.41) is 12.5. The van der Waals surface area contributed by atoms with Crippen molar-refractivity contribution in [3.63, 3.8) is 0 Å². The van der Waals surface area contributed by atoms with Gasteiger partial charge in [0.15, 0.2) is 0 Å². The summed E-state index contributed by atoms with van der Waals surface area (Å²) in [5.74, 6) is -0.839. The van der Waals surface area contributed by atoms with Crippen LogP contribution in [0.4, 0.5) is 0 Å². The smallest absolute Gasteiger partial charge is 0.312 e. The van der Waals surface area contributed by atoms with E-state index < -0.39 is 5.97 Å². The number of rotatable bonds is 3. The average molecular weight is 240 g/mol. The van der Waals surface area contributed by atoms with E-state index in [-0.39, 0.29) is 18.1 Å². The fraction of sp³-hybridized carbons (Fsp3) is 0.111. The maximum Gasteiger partial charge on any atom is 0.312 e. The summed E-state index contributed by atoms with van der Waals surface area (Å²) in [6.07, 6.45) is 1.21. The Morgan fingerprint density at radius 2 is 2.38 bits per heavy atom. The first-order valence-corrected chi connectivity index (χ1v) is 4.70. The molecule has 2 heterocycles. The third kappa shape index (κ3) is 2.17. The molecule has 0 atom stereocenters. The van der Waals surface area contributed by atoms with E-state index in [1.165, 1.54) is 6.20 Å². The Morgan fingerprint density at radius 3 is 3.06 bits per heavy atom. The van der Waals surface area contributed by atoms with Gasteiger partial charge in [-0.1, -0.05) is 16.8 Å². The Balaban J connectivity index is 2.32. The van der Waals surface area contributed by atoms with Gasteiger partial charge in [-0.15, -0.1) is 0 Å². The number of aliphatic carboxylic acids is 1. The van der Waals surface area contributed by atoms with Gasteiger partial charge in [-0.2, -0.15) is 4.98 Å². The molecule has 0 radical (unpaired) electrons. The molecular weight excluding hydrogens is 234 g/mol. The molecule has 0 aromatic carbocycles. The Bertz CT molecular complexity index is 526. The molecular formula is C9H6ClN3O3. The van der Waals surface area contributed by atoms with Crippen LogP contribution in [0.3, 0.4) is 0 Å². The van der Waals surface area contributed by atoms with Gasteiger partial charge in [0, 0.05) is 6.20 Å². The highest BCUT2D eigenvalue weighted by Crippen LogP contribution is 2.22. The first kappa shape index (κ1) is 10.6. The molecule has 0 aliphatic rings. The number of carbonyl (C=O) groups is 1. The van der Waals surface area contributed by atoms with Gasteiger partial charge in [0.25, 0.3) is 0 Å². The molecule has 0 amide bonds. The average Bonchev–Trinajstić information content (AvgIpc) is 2.66. The predicted octanol–water partition coefficient (Wildman–Crippen LogP) is 1.41. The van der Waals surface area contributed by atoms with Crippen LogP contribution in [0.25, 0.3) is 11.5 Å². The number of aromatic nitrogens is 3. The highest BCUT2D eigenvalue weighted by molar-refractivity contribution is 6.32. The van der Waals surface area contributed by atoms with E-state index in [4.69, 9.17) is 21.2 Å². The molecule has 16 heavy (non-hydrogen) atoms. The summed E-state index contributed by atoms with van der Waals surface area (Å²) >= 11 is 5.87. The predicted molar refractivity (Wildman–Crippen MR) is 53.9 cm³/mol. The molecule has 0 unspecified atom stereocenters. The lowest BCUT2D eigenvalue weighted by Crippen LogP contribution is -2.00. The number of hydrogen-bond donors (Lipinski definition) is 1. The minimum Gasteiger partial charge on any atom is -0.481 e. The molecule has 6 nitrogen and oxygen atoms in total. The van der Waals surface area contributed by atoms with Crippen LogP contribution >= 0.6 is 11.6 Å². The summed E-state index contributed by atoms with van der Waals surface area (Å²) in [6, 6.07) is 3.31. The first-order chi connectivity index (χ1) is 7.66. The van der Waals surface area contributed by atoms with Crippen molar-refractivity contribution < 1.29 is 14.4 Å². The first-order valence-electron chi connectivity index (χ1n) is 4.32. The van der Waals surface area contributed by atoms with Crippen molar-refractivity contribution in [2.24, 2.45) is 0 Å². The number of nitrogens with zero attached hydrogens (tertiary/aromatic N) is 3. The Hall–Kier alpha value is -1.95. The molecule has 0 saturated carbocycles. The van der Waals surface area contributed by atoms with Gasteiger partial charge in [-0.05, 0) is 12.1 Å². The second-order valence-electron chi connectivity index (χ2n) is 2.92. The van der Waals surface area contributed by atoms with E-state index in [0.29, 0.717) is 10.7 Å². The molecule has 0 bridgehead atoms. The minimum atomic E-state index is -1.04. The normalized spacial score (nSPS) is 10.3. The zero-order valence-corrected chi connectivity index (χ0v) is 8.68. The molecule has 2 aromatic heterocycles. The van der Waals surface area contributed by atoms with Crippen LogP contribution in [0, 0.1) is 0 Å². The number of pyridine rings is 1. The lowest BCUT2D eigenvalue weighted by atomic mass is 10.3. The van der Waals surface area contributed by atoms with Gasteiger partial charge in [-0.3, -0.25) is 9.78 Å². The molecule has 2 rings (SSSR count). The number of halogens is 1. The Morgan fingerprint density at radius 1 is 1.56 bits per heavy atom. The zero-order chi connectivity index (χ0) is 11.5. The largest absolute Gasteiger partial charge is 0.481 e. The Labute approximate surface area is 94.9 Å². The van der Waals surface area contributed by atoms with Crippen molar-refractivity contribution in [3.8, 4) is 11.5 Å². The van der Waals surface area contributed by atoms with E-state index in [0.717, 1.165) is 0 Å². The second-order valence-corrected chi connectivity index (χ2v) is 3.32. The van der Waals surface area contributed by atoms with E-state index in [1.54, 1.807) is 12.1 Å². The standard InChI is InChI=1S/C9H6ClN3O3/c10-5-2-1-3-11-8(5)9-12-6(16-13-9)4-7(14)15/h1-3H,4H2,(H,14,15). The molecule has 1 N–H and O–H groups in total. The fourth-order valence-electron chi connectivity index (χ4n) is 1.10. The number of hydrogen-bond acceptors (Lipinski definition) is 5.